The number of hydrogen-bond donors (Lipinski definition) is 1. The summed E-state index contributed by atoms with van der Waals surface area (Å²) in [6.45, 7) is 3.57. The van der Waals surface area contributed by atoms with Crippen LogP contribution in [0.1, 0.15) is 11.4 Å². The summed E-state index contributed by atoms with van der Waals surface area (Å²) >= 11 is 0. The van der Waals surface area contributed by atoms with E-state index in [-0.39, 0.29) is 11.4 Å². The maximum Gasteiger partial charge on any atom is 0.170 e. The fraction of sp³-hybridized carbons (Fsp3) is 0.143. The third-order valence-electron chi connectivity index (χ3n) is 3.02. The van der Waals surface area contributed by atoms with E-state index in [4.69, 9.17) is 10.2 Å². The van der Waals surface area contributed by atoms with Gasteiger partial charge in [-0.05, 0) is 26.0 Å². The van der Waals surface area contributed by atoms with Crippen molar-refractivity contribution < 1.29 is 8.81 Å². The van der Waals surface area contributed by atoms with E-state index >= 15 is 0 Å². The number of nitrogens with zero attached hydrogens (tertiary/aromatic N) is 2. The lowest BCUT2D eigenvalue weighted by molar-refractivity contribution is 0.567. The summed E-state index contributed by atoms with van der Waals surface area (Å²) in [6, 6.07) is 6.55. The van der Waals surface area contributed by atoms with Crippen molar-refractivity contribution in [3.05, 3.63) is 41.5 Å². The van der Waals surface area contributed by atoms with Crippen molar-refractivity contribution in [3.8, 4) is 11.5 Å². The Kier molecular flexibility index (Phi) is 2.48. The largest absolute Gasteiger partial charge is 0.451 e. The highest BCUT2D eigenvalue weighted by molar-refractivity contribution is 5.83. The number of aromatic nitrogens is 2. The van der Waals surface area contributed by atoms with Crippen LogP contribution >= 0.6 is 0 Å². The normalized spacial score (nSPS) is 11.1. The number of halogens is 1. The molecule has 0 radical (unpaired) electrons. The molecule has 2 heterocycles. The fourth-order valence-electron chi connectivity index (χ4n) is 2.03. The molecule has 0 saturated carbocycles. The molecule has 19 heavy (non-hydrogen) atoms. The molecule has 3 aromatic rings. The molecule has 0 unspecified atom stereocenters. The van der Waals surface area contributed by atoms with Gasteiger partial charge in [0.25, 0.3) is 0 Å². The molecule has 0 bridgehead atoms. The van der Waals surface area contributed by atoms with Gasteiger partial charge in [0.2, 0.25) is 0 Å². The number of rotatable bonds is 1. The monoisotopic (exact) mass is 257 g/mol. The second-order valence-electron chi connectivity index (χ2n) is 4.40. The molecule has 0 spiro atoms. The second kappa shape index (κ2) is 4.05. The Hall–Kier alpha value is -2.43. The van der Waals surface area contributed by atoms with Gasteiger partial charge in [0.05, 0.1) is 0 Å². The lowest BCUT2D eigenvalue weighted by Gasteiger charge is -2.05. The minimum atomic E-state index is -0.389. The second-order valence-corrected chi connectivity index (χ2v) is 4.40. The first-order valence-corrected chi connectivity index (χ1v) is 5.85. The lowest BCUT2D eigenvalue weighted by atomic mass is 10.1. The van der Waals surface area contributed by atoms with Gasteiger partial charge in [-0.3, -0.25) is 0 Å². The van der Waals surface area contributed by atoms with Crippen LogP contribution < -0.4 is 5.73 Å². The number of nitrogens with two attached hydrogens (primary N) is 1. The van der Waals surface area contributed by atoms with Gasteiger partial charge in [-0.15, -0.1) is 0 Å². The summed E-state index contributed by atoms with van der Waals surface area (Å²) in [6.07, 6.45) is 0. The molecule has 0 aliphatic rings. The average molecular weight is 257 g/mol. The zero-order chi connectivity index (χ0) is 13.6. The van der Waals surface area contributed by atoms with Crippen molar-refractivity contribution in [1.82, 2.24) is 9.97 Å². The summed E-state index contributed by atoms with van der Waals surface area (Å²) in [4.78, 5) is 8.40. The van der Waals surface area contributed by atoms with Crippen LogP contribution in [0.2, 0.25) is 0 Å². The number of benzene rings is 1. The van der Waals surface area contributed by atoms with Crippen LogP contribution in [-0.4, -0.2) is 9.97 Å². The number of anilines is 1. The Bertz CT molecular complexity index is 780. The standard InChI is InChI=1S/C14H12FN3O/c1-7-12(17-8(2)18-14(7)16)11-6-9-4-3-5-10(15)13(9)19-11/h3-6H,1-2H3,(H2,16,17,18). The van der Waals surface area contributed by atoms with Crippen molar-refractivity contribution in [2.75, 3.05) is 5.73 Å². The average Bonchev–Trinajstić information content (AvgIpc) is 2.79. The van der Waals surface area contributed by atoms with E-state index in [9.17, 15) is 4.39 Å². The maximum absolute atomic E-state index is 13.6. The van der Waals surface area contributed by atoms with E-state index in [2.05, 4.69) is 9.97 Å². The molecule has 0 amide bonds. The number of nitrogen functional groups attached to an aromatic ring is 1. The van der Waals surface area contributed by atoms with Crippen molar-refractivity contribution in [2.24, 2.45) is 0 Å². The van der Waals surface area contributed by atoms with Gasteiger partial charge in [0, 0.05) is 10.9 Å². The Morgan fingerprint density at radius 2 is 2.00 bits per heavy atom. The Morgan fingerprint density at radius 3 is 2.74 bits per heavy atom. The van der Waals surface area contributed by atoms with Gasteiger partial charge >= 0.3 is 0 Å². The fourth-order valence-corrected chi connectivity index (χ4v) is 2.03. The van der Waals surface area contributed by atoms with E-state index in [1.165, 1.54) is 6.07 Å². The molecular formula is C14H12FN3O. The topological polar surface area (TPSA) is 64.9 Å². The minimum Gasteiger partial charge on any atom is -0.451 e. The van der Waals surface area contributed by atoms with Gasteiger partial charge < -0.3 is 10.2 Å². The summed E-state index contributed by atoms with van der Waals surface area (Å²) in [5, 5.41) is 0.698. The van der Waals surface area contributed by atoms with E-state index < -0.39 is 0 Å². The molecule has 1 aromatic carbocycles. The smallest absolute Gasteiger partial charge is 0.170 e. The molecule has 5 heteroatoms. The SMILES string of the molecule is Cc1nc(N)c(C)c(-c2cc3cccc(F)c3o2)n1. The van der Waals surface area contributed by atoms with Gasteiger partial charge in [-0.2, -0.15) is 0 Å². The molecule has 3 rings (SSSR count). The maximum atomic E-state index is 13.6. The van der Waals surface area contributed by atoms with Crippen molar-refractivity contribution in [2.45, 2.75) is 13.8 Å². The highest BCUT2D eigenvalue weighted by Gasteiger charge is 2.15. The molecule has 0 aliphatic carbocycles. The summed E-state index contributed by atoms with van der Waals surface area (Å²) in [7, 11) is 0. The van der Waals surface area contributed by atoms with E-state index in [1.54, 1.807) is 25.1 Å². The summed E-state index contributed by atoms with van der Waals surface area (Å²) in [5.74, 6) is 1.07. The number of aryl methyl sites for hydroxylation is 1. The van der Waals surface area contributed by atoms with Crippen LogP contribution in [0.25, 0.3) is 22.4 Å². The van der Waals surface area contributed by atoms with E-state index in [1.807, 2.05) is 6.92 Å². The van der Waals surface area contributed by atoms with Crippen molar-refractivity contribution in [1.29, 1.82) is 0 Å². The first-order valence-electron chi connectivity index (χ1n) is 5.85. The summed E-state index contributed by atoms with van der Waals surface area (Å²) < 4.78 is 19.2. The highest BCUT2D eigenvalue weighted by atomic mass is 19.1. The highest BCUT2D eigenvalue weighted by Crippen LogP contribution is 2.31. The molecule has 0 aliphatic heterocycles. The van der Waals surface area contributed by atoms with Gasteiger partial charge in [-0.1, -0.05) is 12.1 Å². The molecule has 0 fully saturated rings. The third kappa shape index (κ3) is 1.83. The van der Waals surface area contributed by atoms with Crippen LogP contribution in [-0.2, 0) is 0 Å². The van der Waals surface area contributed by atoms with Gasteiger partial charge in [0.1, 0.15) is 17.3 Å². The van der Waals surface area contributed by atoms with E-state index in [0.717, 1.165) is 5.56 Å². The predicted octanol–water partition coefficient (Wildman–Crippen LogP) is 3.23. The zero-order valence-electron chi connectivity index (χ0n) is 10.6. The molecule has 4 nitrogen and oxygen atoms in total. The first-order chi connectivity index (χ1) is 9.06. The zero-order valence-corrected chi connectivity index (χ0v) is 10.6. The minimum absolute atomic E-state index is 0.228. The van der Waals surface area contributed by atoms with E-state index in [0.29, 0.717) is 28.5 Å². The lowest BCUT2D eigenvalue weighted by Crippen LogP contribution is -2.01. The Labute approximate surface area is 109 Å². The molecule has 0 atom stereocenters. The Morgan fingerprint density at radius 1 is 1.21 bits per heavy atom. The molecule has 0 saturated heterocycles. The molecule has 2 N–H and O–H groups in total. The van der Waals surface area contributed by atoms with Crippen molar-refractivity contribution >= 4 is 16.8 Å². The number of furan rings is 1. The van der Waals surface area contributed by atoms with Gasteiger partial charge in [0.15, 0.2) is 17.2 Å². The van der Waals surface area contributed by atoms with Crippen LogP contribution in [0.4, 0.5) is 10.2 Å². The van der Waals surface area contributed by atoms with Crippen LogP contribution in [0.15, 0.2) is 28.7 Å². The third-order valence-corrected chi connectivity index (χ3v) is 3.02. The van der Waals surface area contributed by atoms with Crippen LogP contribution in [0.5, 0.6) is 0 Å². The molecule has 96 valence electrons. The van der Waals surface area contributed by atoms with Gasteiger partial charge in [-0.25, -0.2) is 14.4 Å². The molecule has 2 aromatic heterocycles. The number of fused-ring (bicyclic) bond motifs is 1. The predicted molar refractivity (Wildman–Crippen MR) is 71.1 cm³/mol. The number of hydrogen-bond acceptors (Lipinski definition) is 4. The number of para-hydroxylation sites is 1. The first kappa shape index (κ1) is 11.6. The Balaban J connectivity index is 2.28. The quantitative estimate of drug-likeness (QED) is 0.726. The molecular weight excluding hydrogens is 245 g/mol. The van der Waals surface area contributed by atoms with Crippen LogP contribution in [0, 0.1) is 19.7 Å². The van der Waals surface area contributed by atoms with Crippen molar-refractivity contribution in [3.63, 3.8) is 0 Å². The summed E-state index contributed by atoms with van der Waals surface area (Å²) in [5.41, 5.74) is 7.37. The van der Waals surface area contributed by atoms with Crippen LogP contribution in [0.3, 0.4) is 0 Å².